The van der Waals surface area contributed by atoms with E-state index in [-0.39, 0.29) is 12.1 Å². The topological polar surface area (TPSA) is 58.6 Å². The number of sulfonamides is 1. The van der Waals surface area contributed by atoms with Gasteiger partial charge < -0.3 is 10.1 Å². The summed E-state index contributed by atoms with van der Waals surface area (Å²) < 4.78 is 32.4. The van der Waals surface area contributed by atoms with Crippen LogP contribution >= 0.6 is 0 Å². The van der Waals surface area contributed by atoms with E-state index in [1.807, 2.05) is 26.1 Å². The van der Waals surface area contributed by atoms with Crippen molar-refractivity contribution >= 4 is 10.0 Å². The molecule has 0 amide bonds. The maximum Gasteiger partial charge on any atom is 0.243 e. The molecular formula is C15H24N2O3S. The number of nitrogens with zero attached hydrogens (tertiary/aromatic N) is 1. The van der Waals surface area contributed by atoms with Gasteiger partial charge in [0.15, 0.2) is 0 Å². The van der Waals surface area contributed by atoms with Gasteiger partial charge in [-0.15, -0.1) is 0 Å². The van der Waals surface area contributed by atoms with Crippen molar-refractivity contribution in [3.63, 3.8) is 0 Å². The van der Waals surface area contributed by atoms with Crippen LogP contribution in [0.15, 0.2) is 29.2 Å². The molecule has 1 fully saturated rings. The fourth-order valence-corrected chi connectivity index (χ4v) is 4.21. The van der Waals surface area contributed by atoms with Gasteiger partial charge in [0.25, 0.3) is 0 Å². The van der Waals surface area contributed by atoms with E-state index in [1.54, 1.807) is 12.1 Å². The molecule has 21 heavy (non-hydrogen) atoms. The summed E-state index contributed by atoms with van der Waals surface area (Å²) in [6, 6.07) is 7.39. The van der Waals surface area contributed by atoms with Crippen LogP contribution in [0.4, 0.5) is 0 Å². The Bertz CT molecular complexity index is 570. The molecule has 0 radical (unpaired) electrons. The molecule has 1 N–H and O–H groups in total. The molecule has 1 heterocycles. The van der Waals surface area contributed by atoms with Crippen LogP contribution < -0.4 is 5.32 Å². The molecule has 0 saturated carbocycles. The number of hydrogen-bond donors (Lipinski definition) is 1. The van der Waals surface area contributed by atoms with E-state index in [0.29, 0.717) is 24.6 Å². The van der Waals surface area contributed by atoms with Crippen LogP contribution in [-0.2, 0) is 14.8 Å². The summed E-state index contributed by atoms with van der Waals surface area (Å²) in [6.07, 6.45) is 0.853. The van der Waals surface area contributed by atoms with Crippen LogP contribution in [0.2, 0.25) is 0 Å². The van der Waals surface area contributed by atoms with Gasteiger partial charge in [-0.2, -0.15) is 4.31 Å². The first-order valence-electron chi connectivity index (χ1n) is 7.38. The third-order valence-electron chi connectivity index (χ3n) is 3.86. The van der Waals surface area contributed by atoms with Gasteiger partial charge in [0.05, 0.1) is 17.6 Å². The van der Waals surface area contributed by atoms with E-state index in [4.69, 9.17) is 4.74 Å². The minimum atomic E-state index is -3.44. The van der Waals surface area contributed by atoms with Gasteiger partial charge in [0, 0.05) is 19.1 Å². The number of ether oxygens (including phenoxy) is 1. The Balaban J connectivity index is 2.29. The first-order valence-corrected chi connectivity index (χ1v) is 8.82. The van der Waals surface area contributed by atoms with Gasteiger partial charge in [-0.3, -0.25) is 0 Å². The maximum atomic E-state index is 12.7. The summed E-state index contributed by atoms with van der Waals surface area (Å²) in [7, 11) is -1.55. The van der Waals surface area contributed by atoms with Crippen molar-refractivity contribution < 1.29 is 13.2 Å². The van der Waals surface area contributed by atoms with Crippen LogP contribution in [-0.4, -0.2) is 45.6 Å². The lowest BCUT2D eigenvalue weighted by Gasteiger charge is -2.30. The molecule has 118 valence electrons. The van der Waals surface area contributed by atoms with Crippen molar-refractivity contribution in [1.82, 2.24) is 9.62 Å². The number of nitrogens with one attached hydrogen (secondary N) is 1. The molecule has 1 saturated heterocycles. The molecule has 1 aromatic carbocycles. The Morgan fingerprint density at radius 3 is 2.86 bits per heavy atom. The third-order valence-corrected chi connectivity index (χ3v) is 5.72. The summed E-state index contributed by atoms with van der Waals surface area (Å²) in [4.78, 5) is 0.364. The van der Waals surface area contributed by atoms with Gasteiger partial charge >= 0.3 is 0 Å². The Morgan fingerprint density at radius 2 is 2.24 bits per heavy atom. The van der Waals surface area contributed by atoms with E-state index >= 15 is 0 Å². The Kier molecular flexibility index (Phi) is 5.37. The maximum absolute atomic E-state index is 12.7. The zero-order valence-corrected chi connectivity index (χ0v) is 13.7. The summed E-state index contributed by atoms with van der Waals surface area (Å²) in [5.74, 6) is 0. The molecule has 0 aromatic heterocycles. The van der Waals surface area contributed by atoms with Gasteiger partial charge in [-0.05, 0) is 38.1 Å². The van der Waals surface area contributed by atoms with Gasteiger partial charge in [0.2, 0.25) is 10.0 Å². The third kappa shape index (κ3) is 3.63. The second-order valence-electron chi connectivity index (χ2n) is 5.37. The molecule has 1 aliphatic heterocycles. The molecule has 0 bridgehead atoms. The minimum Gasteiger partial charge on any atom is -0.376 e. The van der Waals surface area contributed by atoms with Crippen molar-refractivity contribution in [2.45, 2.75) is 37.3 Å². The lowest BCUT2D eigenvalue weighted by molar-refractivity contribution is 0.0102. The lowest BCUT2D eigenvalue weighted by atomic mass is 10.1. The molecular weight excluding hydrogens is 288 g/mol. The van der Waals surface area contributed by atoms with E-state index in [9.17, 15) is 8.42 Å². The SMILES string of the molecule is CCC(NC)c1cccc(S(=O)(=O)N2CCOC(C)C2)c1. The zero-order valence-electron chi connectivity index (χ0n) is 12.9. The van der Waals surface area contributed by atoms with Crippen LogP contribution in [0.25, 0.3) is 0 Å². The molecule has 6 heteroatoms. The lowest BCUT2D eigenvalue weighted by Crippen LogP contribution is -2.44. The molecule has 0 spiro atoms. The molecule has 2 atom stereocenters. The largest absolute Gasteiger partial charge is 0.376 e. The van der Waals surface area contributed by atoms with E-state index < -0.39 is 10.0 Å². The monoisotopic (exact) mass is 312 g/mol. The highest BCUT2D eigenvalue weighted by Crippen LogP contribution is 2.23. The summed E-state index contributed by atoms with van der Waals surface area (Å²) in [5, 5.41) is 3.20. The van der Waals surface area contributed by atoms with Crippen LogP contribution in [0.1, 0.15) is 31.9 Å². The zero-order chi connectivity index (χ0) is 15.5. The smallest absolute Gasteiger partial charge is 0.243 e. The molecule has 1 aromatic rings. The first-order chi connectivity index (χ1) is 9.98. The average Bonchev–Trinajstić information content (AvgIpc) is 2.49. The number of hydrogen-bond acceptors (Lipinski definition) is 4. The van der Waals surface area contributed by atoms with Gasteiger partial charge in [0.1, 0.15) is 0 Å². The normalized spacial score (nSPS) is 22.1. The Hall–Kier alpha value is -0.950. The van der Waals surface area contributed by atoms with Crippen molar-refractivity contribution in [1.29, 1.82) is 0 Å². The first kappa shape index (κ1) is 16.4. The van der Waals surface area contributed by atoms with Gasteiger partial charge in [-0.25, -0.2) is 8.42 Å². The van der Waals surface area contributed by atoms with Gasteiger partial charge in [-0.1, -0.05) is 19.1 Å². The second-order valence-corrected chi connectivity index (χ2v) is 7.30. The Morgan fingerprint density at radius 1 is 1.48 bits per heavy atom. The number of rotatable bonds is 5. The standard InChI is InChI=1S/C15H24N2O3S/c1-4-15(16-3)13-6-5-7-14(10-13)21(18,19)17-8-9-20-12(2)11-17/h5-7,10,12,15-16H,4,8-9,11H2,1-3H3. The van der Waals surface area contributed by atoms with Crippen LogP contribution in [0, 0.1) is 0 Å². The fraction of sp³-hybridized carbons (Fsp3) is 0.600. The van der Waals surface area contributed by atoms with Crippen molar-refractivity contribution in [2.24, 2.45) is 0 Å². The predicted molar refractivity (Wildman–Crippen MR) is 82.7 cm³/mol. The molecule has 5 nitrogen and oxygen atoms in total. The number of morpholine rings is 1. The van der Waals surface area contributed by atoms with Crippen molar-refractivity contribution in [2.75, 3.05) is 26.7 Å². The molecule has 0 aliphatic carbocycles. The summed E-state index contributed by atoms with van der Waals surface area (Å²) >= 11 is 0. The van der Waals surface area contributed by atoms with E-state index in [0.717, 1.165) is 12.0 Å². The van der Waals surface area contributed by atoms with E-state index in [2.05, 4.69) is 12.2 Å². The van der Waals surface area contributed by atoms with Crippen LogP contribution in [0.5, 0.6) is 0 Å². The van der Waals surface area contributed by atoms with Crippen molar-refractivity contribution in [3.8, 4) is 0 Å². The summed E-state index contributed by atoms with van der Waals surface area (Å²) in [6.45, 7) is 5.25. The molecule has 2 unspecified atom stereocenters. The van der Waals surface area contributed by atoms with Crippen LogP contribution in [0.3, 0.4) is 0 Å². The highest BCUT2D eigenvalue weighted by atomic mass is 32.2. The highest BCUT2D eigenvalue weighted by molar-refractivity contribution is 7.89. The highest BCUT2D eigenvalue weighted by Gasteiger charge is 2.29. The molecule has 1 aliphatic rings. The molecule has 2 rings (SSSR count). The summed E-state index contributed by atoms with van der Waals surface area (Å²) in [5.41, 5.74) is 1.00. The quantitative estimate of drug-likeness (QED) is 0.900. The number of benzene rings is 1. The Labute approximate surface area is 127 Å². The predicted octanol–water partition coefficient (Wildman–Crippen LogP) is 1.77. The second kappa shape index (κ2) is 6.87. The minimum absolute atomic E-state index is 0.0580. The fourth-order valence-electron chi connectivity index (χ4n) is 2.65. The van der Waals surface area contributed by atoms with E-state index in [1.165, 1.54) is 4.31 Å². The van der Waals surface area contributed by atoms with Crippen molar-refractivity contribution in [3.05, 3.63) is 29.8 Å². The average molecular weight is 312 g/mol.